The zero-order valence-corrected chi connectivity index (χ0v) is 7.75. The van der Waals surface area contributed by atoms with Gasteiger partial charge in [-0.05, 0) is 12.6 Å². The zero-order chi connectivity index (χ0) is 9.10. The summed E-state index contributed by atoms with van der Waals surface area (Å²) >= 11 is 1.55. The summed E-state index contributed by atoms with van der Waals surface area (Å²) in [4.78, 5) is 0. The van der Waals surface area contributed by atoms with Crippen LogP contribution in [0.25, 0.3) is 10.6 Å². The Labute approximate surface area is 79.4 Å². The van der Waals surface area contributed by atoms with Crippen LogP contribution in [-0.4, -0.2) is 16.7 Å². The van der Waals surface area contributed by atoms with Crippen LogP contribution >= 0.6 is 11.3 Å². The predicted octanol–water partition coefficient (Wildman–Crippen LogP) is 1.30. The summed E-state index contributed by atoms with van der Waals surface area (Å²) in [6, 6.07) is 1.87. The lowest BCUT2D eigenvalue weighted by Crippen LogP contribution is -2.01. The molecule has 0 bridgehead atoms. The quantitative estimate of drug-likeness (QED) is 0.801. The fourth-order valence-electron chi connectivity index (χ4n) is 0.981. The van der Waals surface area contributed by atoms with Gasteiger partial charge in [0.05, 0.1) is 11.8 Å². The molecule has 4 nitrogen and oxygen atoms in total. The normalized spacial score (nSPS) is 10.5. The minimum absolute atomic E-state index is 0.611. The highest BCUT2D eigenvalue weighted by Gasteiger charge is 2.06. The smallest absolute Gasteiger partial charge is 0.151 e. The van der Waals surface area contributed by atoms with Crippen LogP contribution in [-0.2, 0) is 6.42 Å². The van der Waals surface area contributed by atoms with E-state index in [2.05, 4.69) is 10.2 Å². The summed E-state index contributed by atoms with van der Waals surface area (Å²) in [6.45, 7) is 0.611. The van der Waals surface area contributed by atoms with Crippen LogP contribution in [0.15, 0.2) is 23.0 Å². The average molecular weight is 195 g/mol. The van der Waals surface area contributed by atoms with Crippen molar-refractivity contribution < 1.29 is 4.42 Å². The molecule has 13 heavy (non-hydrogen) atoms. The summed E-state index contributed by atoms with van der Waals surface area (Å²) in [7, 11) is 0. The molecule has 0 fully saturated rings. The first-order valence-corrected chi connectivity index (χ1v) is 4.77. The molecular formula is C8H9N3OS. The molecule has 0 aliphatic heterocycles. The van der Waals surface area contributed by atoms with Crippen molar-refractivity contribution in [1.29, 1.82) is 0 Å². The molecule has 2 N–H and O–H groups in total. The Kier molecular flexibility index (Phi) is 2.37. The third-order valence-corrected chi connectivity index (χ3v) is 2.63. The number of rotatable bonds is 3. The SMILES string of the molecule is NCCc1nnc(-c2ccoc2)s1. The van der Waals surface area contributed by atoms with Crippen LogP contribution in [0.1, 0.15) is 5.01 Å². The van der Waals surface area contributed by atoms with Crippen molar-refractivity contribution >= 4 is 11.3 Å². The third-order valence-electron chi connectivity index (χ3n) is 1.59. The summed E-state index contributed by atoms with van der Waals surface area (Å²) in [5.41, 5.74) is 6.38. The van der Waals surface area contributed by atoms with Gasteiger partial charge >= 0.3 is 0 Å². The first-order chi connectivity index (χ1) is 6.40. The Hall–Kier alpha value is -1.20. The molecule has 0 amide bonds. The number of hydrogen-bond acceptors (Lipinski definition) is 5. The molecule has 0 saturated heterocycles. The van der Waals surface area contributed by atoms with Crippen molar-refractivity contribution in [2.75, 3.05) is 6.54 Å². The third kappa shape index (κ3) is 1.76. The van der Waals surface area contributed by atoms with Gasteiger partial charge in [-0.1, -0.05) is 11.3 Å². The first kappa shape index (κ1) is 8.40. The van der Waals surface area contributed by atoms with E-state index in [0.717, 1.165) is 22.0 Å². The Balaban J connectivity index is 2.23. The van der Waals surface area contributed by atoms with Gasteiger partial charge in [0.1, 0.15) is 11.3 Å². The van der Waals surface area contributed by atoms with Gasteiger partial charge in [-0.3, -0.25) is 0 Å². The van der Waals surface area contributed by atoms with E-state index in [-0.39, 0.29) is 0 Å². The van der Waals surface area contributed by atoms with E-state index in [0.29, 0.717) is 6.54 Å². The topological polar surface area (TPSA) is 64.9 Å². The first-order valence-electron chi connectivity index (χ1n) is 3.95. The van der Waals surface area contributed by atoms with E-state index in [1.54, 1.807) is 23.9 Å². The number of hydrogen-bond donors (Lipinski definition) is 1. The van der Waals surface area contributed by atoms with Gasteiger partial charge in [0.25, 0.3) is 0 Å². The molecule has 68 valence electrons. The maximum atomic E-state index is 5.41. The molecule has 2 rings (SSSR count). The van der Waals surface area contributed by atoms with E-state index >= 15 is 0 Å². The predicted molar refractivity (Wildman–Crippen MR) is 50.4 cm³/mol. The highest BCUT2D eigenvalue weighted by atomic mass is 32.1. The fourth-order valence-corrected chi connectivity index (χ4v) is 1.82. The highest BCUT2D eigenvalue weighted by molar-refractivity contribution is 7.14. The molecule has 0 atom stereocenters. The molecule has 0 aliphatic carbocycles. The summed E-state index contributed by atoms with van der Waals surface area (Å²) in [5, 5.41) is 9.90. The van der Waals surface area contributed by atoms with Gasteiger partial charge in [-0.25, -0.2) is 0 Å². The Morgan fingerprint density at radius 1 is 1.46 bits per heavy atom. The van der Waals surface area contributed by atoms with Crippen LogP contribution in [0, 0.1) is 0 Å². The zero-order valence-electron chi connectivity index (χ0n) is 6.93. The van der Waals surface area contributed by atoms with Crippen LogP contribution in [0.4, 0.5) is 0 Å². The van der Waals surface area contributed by atoms with E-state index in [9.17, 15) is 0 Å². The molecule has 5 heteroatoms. The van der Waals surface area contributed by atoms with Crippen LogP contribution in [0.2, 0.25) is 0 Å². The summed E-state index contributed by atoms with van der Waals surface area (Å²) in [5.74, 6) is 0. The number of nitrogens with two attached hydrogens (primary N) is 1. The van der Waals surface area contributed by atoms with Crippen LogP contribution < -0.4 is 5.73 Å². The maximum absolute atomic E-state index is 5.41. The molecule has 2 aromatic rings. The van der Waals surface area contributed by atoms with Crippen molar-refractivity contribution in [2.45, 2.75) is 6.42 Å². The molecule has 0 unspecified atom stereocenters. The van der Waals surface area contributed by atoms with Gasteiger partial charge in [-0.2, -0.15) is 0 Å². The molecular weight excluding hydrogens is 186 g/mol. The molecule has 0 spiro atoms. The van der Waals surface area contributed by atoms with E-state index in [1.165, 1.54) is 0 Å². The average Bonchev–Trinajstić information content (AvgIpc) is 2.70. The van der Waals surface area contributed by atoms with Crippen molar-refractivity contribution in [3.8, 4) is 10.6 Å². The lowest BCUT2D eigenvalue weighted by molar-refractivity contribution is 0.568. The summed E-state index contributed by atoms with van der Waals surface area (Å²) in [6.07, 6.45) is 4.07. The fraction of sp³-hybridized carbons (Fsp3) is 0.250. The van der Waals surface area contributed by atoms with Crippen molar-refractivity contribution in [3.05, 3.63) is 23.6 Å². The van der Waals surface area contributed by atoms with Gasteiger partial charge in [0.15, 0.2) is 5.01 Å². The molecule has 2 heterocycles. The molecule has 0 saturated carbocycles. The van der Waals surface area contributed by atoms with Crippen LogP contribution in [0.5, 0.6) is 0 Å². The lowest BCUT2D eigenvalue weighted by atomic mass is 10.4. The second kappa shape index (κ2) is 3.68. The number of nitrogens with zero attached hydrogens (tertiary/aromatic N) is 2. The van der Waals surface area contributed by atoms with E-state index in [1.807, 2.05) is 6.07 Å². The second-order valence-corrected chi connectivity index (χ2v) is 3.61. The van der Waals surface area contributed by atoms with Crippen molar-refractivity contribution in [1.82, 2.24) is 10.2 Å². The van der Waals surface area contributed by atoms with E-state index < -0.39 is 0 Å². The number of furan rings is 1. The number of aromatic nitrogens is 2. The van der Waals surface area contributed by atoms with Gasteiger partial charge in [-0.15, -0.1) is 10.2 Å². The minimum Gasteiger partial charge on any atom is -0.472 e. The lowest BCUT2D eigenvalue weighted by Gasteiger charge is -1.85. The van der Waals surface area contributed by atoms with E-state index in [4.69, 9.17) is 10.2 Å². The maximum Gasteiger partial charge on any atom is 0.151 e. The standard InChI is InChI=1S/C8H9N3OS/c9-3-1-7-10-11-8(13-7)6-2-4-12-5-6/h2,4-5H,1,3,9H2. The monoisotopic (exact) mass is 195 g/mol. The Morgan fingerprint density at radius 2 is 2.38 bits per heavy atom. The van der Waals surface area contributed by atoms with Crippen molar-refractivity contribution in [2.24, 2.45) is 5.73 Å². The molecule has 0 aromatic carbocycles. The van der Waals surface area contributed by atoms with Gasteiger partial charge in [0, 0.05) is 6.42 Å². The molecule has 0 aliphatic rings. The van der Waals surface area contributed by atoms with Gasteiger partial charge in [0.2, 0.25) is 0 Å². The Bertz CT molecular complexity index is 368. The molecule has 0 radical (unpaired) electrons. The largest absolute Gasteiger partial charge is 0.472 e. The second-order valence-electron chi connectivity index (χ2n) is 2.55. The Morgan fingerprint density at radius 3 is 3.08 bits per heavy atom. The van der Waals surface area contributed by atoms with Crippen molar-refractivity contribution in [3.63, 3.8) is 0 Å². The summed E-state index contributed by atoms with van der Waals surface area (Å²) < 4.78 is 4.95. The highest BCUT2D eigenvalue weighted by Crippen LogP contribution is 2.23. The van der Waals surface area contributed by atoms with Crippen LogP contribution in [0.3, 0.4) is 0 Å². The molecule has 2 aromatic heterocycles. The minimum atomic E-state index is 0.611. The van der Waals surface area contributed by atoms with Gasteiger partial charge < -0.3 is 10.2 Å².